The second-order valence-electron chi connectivity index (χ2n) is 2.96. The molecule has 0 aliphatic heterocycles. The van der Waals surface area contributed by atoms with Crippen LogP contribution in [0.4, 0.5) is 4.79 Å². The highest BCUT2D eigenvalue weighted by Crippen LogP contribution is 1.97. The molecule has 0 rings (SSSR count). The van der Waals surface area contributed by atoms with E-state index in [2.05, 4.69) is 19.3 Å². The maximum Gasteiger partial charge on any atom is 0.427 e. The van der Waals surface area contributed by atoms with Crippen molar-refractivity contribution in [2.24, 2.45) is 5.10 Å². The lowest BCUT2D eigenvalue weighted by Crippen LogP contribution is -2.25. The van der Waals surface area contributed by atoms with Crippen LogP contribution in [0.2, 0.25) is 0 Å². The van der Waals surface area contributed by atoms with Gasteiger partial charge in [0.15, 0.2) is 0 Å². The molecule has 0 saturated heterocycles. The number of nitrogens with zero attached hydrogens (tertiary/aromatic N) is 1. The molecule has 0 aromatic rings. The van der Waals surface area contributed by atoms with Crippen LogP contribution in [0, 0.1) is 0 Å². The van der Waals surface area contributed by atoms with Gasteiger partial charge in [-0.05, 0) is 6.92 Å². The number of methoxy groups -OCH3 is 2. The molecule has 8 heteroatoms. The van der Waals surface area contributed by atoms with Crippen LogP contribution < -0.4 is 5.43 Å². The molecule has 0 saturated carbocycles. The Kier molecular flexibility index (Phi) is 7.91. The first-order valence-electron chi connectivity index (χ1n) is 5.19. The van der Waals surface area contributed by atoms with Crippen LogP contribution in [0.25, 0.3) is 0 Å². The molecule has 0 fully saturated rings. The lowest BCUT2D eigenvalue weighted by atomic mass is 10.2. The summed E-state index contributed by atoms with van der Waals surface area (Å²) in [7, 11) is 2.40. The molecule has 1 amide bonds. The fourth-order valence-electron chi connectivity index (χ4n) is 0.920. The van der Waals surface area contributed by atoms with Crippen LogP contribution in [0.3, 0.4) is 0 Å². The van der Waals surface area contributed by atoms with Gasteiger partial charge < -0.3 is 14.2 Å². The van der Waals surface area contributed by atoms with E-state index in [1.165, 1.54) is 14.2 Å². The largest absolute Gasteiger partial charge is 0.469 e. The van der Waals surface area contributed by atoms with Gasteiger partial charge in [0, 0.05) is 6.42 Å². The average Bonchev–Trinajstić information content (AvgIpc) is 2.37. The zero-order chi connectivity index (χ0) is 14.0. The van der Waals surface area contributed by atoms with Gasteiger partial charge in [0.05, 0.1) is 27.2 Å². The summed E-state index contributed by atoms with van der Waals surface area (Å²) in [6.07, 6.45) is -0.849. The number of ether oxygens (including phenoxy) is 3. The van der Waals surface area contributed by atoms with Gasteiger partial charge in [0.25, 0.3) is 0 Å². The average molecular weight is 260 g/mol. The van der Waals surface area contributed by atoms with E-state index in [1.807, 2.05) is 5.43 Å². The lowest BCUT2D eigenvalue weighted by Gasteiger charge is -2.04. The van der Waals surface area contributed by atoms with E-state index in [9.17, 15) is 14.4 Å². The van der Waals surface area contributed by atoms with Gasteiger partial charge >= 0.3 is 18.0 Å². The van der Waals surface area contributed by atoms with Crippen LogP contribution in [0.5, 0.6) is 0 Å². The van der Waals surface area contributed by atoms with E-state index >= 15 is 0 Å². The second-order valence-corrected chi connectivity index (χ2v) is 2.96. The van der Waals surface area contributed by atoms with E-state index in [0.717, 1.165) is 0 Å². The summed E-state index contributed by atoms with van der Waals surface area (Å²) in [5.74, 6) is -1.24. The summed E-state index contributed by atoms with van der Waals surface area (Å²) < 4.78 is 13.4. The minimum atomic E-state index is -0.794. The summed E-state index contributed by atoms with van der Waals surface area (Å²) in [5.41, 5.74) is 1.91. The Morgan fingerprint density at radius 3 is 2.28 bits per heavy atom. The summed E-state index contributed by atoms with van der Waals surface area (Å²) in [6, 6.07) is 0. The Hall–Kier alpha value is -2.12. The molecule has 0 aromatic heterocycles. The van der Waals surface area contributed by atoms with Gasteiger partial charge in [-0.3, -0.25) is 4.79 Å². The van der Waals surface area contributed by atoms with Crippen molar-refractivity contribution in [2.75, 3.05) is 20.8 Å². The summed E-state index contributed by atoms with van der Waals surface area (Å²) in [4.78, 5) is 33.2. The SMILES string of the molecule is CCOC(=O)N/N=C(\CCC(=O)OC)C(=O)OC. The second kappa shape index (κ2) is 8.97. The van der Waals surface area contributed by atoms with Crippen LogP contribution in [0.1, 0.15) is 19.8 Å². The maximum atomic E-state index is 11.3. The maximum absolute atomic E-state index is 11.3. The molecule has 0 radical (unpaired) electrons. The van der Waals surface area contributed by atoms with Crippen molar-refractivity contribution < 1.29 is 28.6 Å². The highest BCUT2D eigenvalue weighted by atomic mass is 16.6. The van der Waals surface area contributed by atoms with Gasteiger partial charge in [-0.15, -0.1) is 0 Å². The minimum absolute atomic E-state index is 0.00818. The van der Waals surface area contributed by atoms with E-state index in [-0.39, 0.29) is 25.2 Å². The molecule has 0 bridgehead atoms. The first-order chi connectivity index (χ1) is 8.54. The molecule has 0 heterocycles. The lowest BCUT2D eigenvalue weighted by molar-refractivity contribution is -0.140. The molecule has 0 unspecified atom stereocenters. The van der Waals surface area contributed by atoms with Crippen molar-refractivity contribution in [1.29, 1.82) is 0 Å². The zero-order valence-corrected chi connectivity index (χ0v) is 10.5. The molecule has 1 N–H and O–H groups in total. The quantitative estimate of drug-likeness (QED) is 0.317. The summed E-state index contributed by atoms with van der Waals surface area (Å²) >= 11 is 0. The summed E-state index contributed by atoms with van der Waals surface area (Å²) in [6.45, 7) is 1.80. The Labute approximate surface area is 104 Å². The van der Waals surface area contributed by atoms with Crippen molar-refractivity contribution >= 4 is 23.7 Å². The molecular formula is C10H16N2O6. The normalized spacial score (nSPS) is 10.5. The van der Waals surface area contributed by atoms with E-state index in [1.54, 1.807) is 6.92 Å². The van der Waals surface area contributed by atoms with E-state index in [0.29, 0.717) is 0 Å². The van der Waals surface area contributed by atoms with Crippen LogP contribution in [0.15, 0.2) is 5.10 Å². The van der Waals surface area contributed by atoms with Crippen molar-refractivity contribution in [3.63, 3.8) is 0 Å². The number of carbonyl (C=O) groups excluding carboxylic acids is 3. The third kappa shape index (κ3) is 6.46. The summed E-state index contributed by atoms with van der Waals surface area (Å²) in [5, 5.41) is 3.53. The first-order valence-corrected chi connectivity index (χ1v) is 5.19. The number of hydrogen-bond acceptors (Lipinski definition) is 7. The van der Waals surface area contributed by atoms with Crippen molar-refractivity contribution in [2.45, 2.75) is 19.8 Å². The Balaban J connectivity index is 4.47. The zero-order valence-electron chi connectivity index (χ0n) is 10.5. The first kappa shape index (κ1) is 15.9. The van der Waals surface area contributed by atoms with Gasteiger partial charge in [0.1, 0.15) is 5.71 Å². The highest BCUT2D eigenvalue weighted by molar-refractivity contribution is 6.36. The third-order valence-electron chi connectivity index (χ3n) is 1.77. The van der Waals surface area contributed by atoms with E-state index in [4.69, 9.17) is 0 Å². The van der Waals surface area contributed by atoms with Crippen LogP contribution in [-0.4, -0.2) is 44.6 Å². The van der Waals surface area contributed by atoms with Gasteiger partial charge in [0.2, 0.25) is 0 Å². The molecule has 8 nitrogen and oxygen atoms in total. The Morgan fingerprint density at radius 2 is 1.78 bits per heavy atom. The van der Waals surface area contributed by atoms with Crippen molar-refractivity contribution in [1.82, 2.24) is 5.43 Å². The van der Waals surface area contributed by atoms with E-state index < -0.39 is 18.0 Å². The monoisotopic (exact) mass is 260 g/mol. The van der Waals surface area contributed by atoms with Gasteiger partial charge in [-0.2, -0.15) is 5.10 Å². The number of rotatable bonds is 6. The predicted octanol–water partition coefficient (Wildman–Crippen LogP) is 0.215. The number of nitrogens with one attached hydrogen (secondary N) is 1. The Bertz CT molecular complexity index is 339. The fraction of sp³-hybridized carbons (Fsp3) is 0.600. The van der Waals surface area contributed by atoms with Crippen LogP contribution in [-0.2, 0) is 23.8 Å². The molecule has 0 spiro atoms. The minimum Gasteiger partial charge on any atom is -0.469 e. The third-order valence-corrected chi connectivity index (χ3v) is 1.77. The van der Waals surface area contributed by atoms with Gasteiger partial charge in [-0.1, -0.05) is 0 Å². The predicted molar refractivity (Wildman–Crippen MR) is 60.9 cm³/mol. The molecule has 102 valence electrons. The molecule has 0 aliphatic rings. The number of hydrogen-bond donors (Lipinski definition) is 1. The molecule has 0 aromatic carbocycles. The standard InChI is InChI=1S/C10H16N2O6/c1-4-18-10(15)12-11-7(9(14)17-3)5-6-8(13)16-2/h4-6H2,1-3H3,(H,12,15)/b11-7+. The smallest absolute Gasteiger partial charge is 0.427 e. The molecule has 0 atom stereocenters. The van der Waals surface area contributed by atoms with Gasteiger partial charge in [-0.25, -0.2) is 15.0 Å². The molecule has 0 aliphatic carbocycles. The molecule has 18 heavy (non-hydrogen) atoms. The number of esters is 2. The van der Waals surface area contributed by atoms with Crippen molar-refractivity contribution in [3.05, 3.63) is 0 Å². The number of amides is 1. The molecular weight excluding hydrogens is 244 g/mol. The fourth-order valence-corrected chi connectivity index (χ4v) is 0.920. The highest BCUT2D eigenvalue weighted by Gasteiger charge is 2.15. The Morgan fingerprint density at radius 1 is 1.11 bits per heavy atom. The topological polar surface area (TPSA) is 103 Å². The van der Waals surface area contributed by atoms with Crippen LogP contribution >= 0.6 is 0 Å². The van der Waals surface area contributed by atoms with Crippen molar-refractivity contribution in [3.8, 4) is 0 Å². The number of carbonyl (C=O) groups is 3. The number of hydrazone groups is 1.